The number of nitrogens with zero attached hydrogens (tertiary/aromatic N) is 1. The second-order valence-electron chi connectivity index (χ2n) is 5.18. The van der Waals surface area contributed by atoms with Gasteiger partial charge in [0.05, 0.1) is 5.56 Å². The summed E-state index contributed by atoms with van der Waals surface area (Å²) in [5.41, 5.74) is 1.31. The van der Waals surface area contributed by atoms with Crippen molar-refractivity contribution in [2.24, 2.45) is 0 Å². The smallest absolute Gasteiger partial charge is 0.257 e. The van der Waals surface area contributed by atoms with Crippen LogP contribution in [0.15, 0.2) is 18.2 Å². The van der Waals surface area contributed by atoms with Crippen LogP contribution in [0.5, 0.6) is 5.75 Å². The molecule has 0 spiro atoms. The monoisotopic (exact) mass is 263 g/mol. The minimum Gasteiger partial charge on any atom is -0.507 e. The van der Waals surface area contributed by atoms with E-state index in [0.29, 0.717) is 12.0 Å². The van der Waals surface area contributed by atoms with Crippen LogP contribution >= 0.6 is 0 Å². The molecular formula is C15H21NO3. The molecule has 1 aliphatic rings. The van der Waals surface area contributed by atoms with E-state index < -0.39 is 0 Å². The van der Waals surface area contributed by atoms with E-state index in [1.165, 1.54) is 0 Å². The first-order valence-corrected chi connectivity index (χ1v) is 6.85. The standard InChI is InChI=1S/C15H21NO3/c1-11-6-7-13(14(18)10-11)15(19)16-8-2-4-12(16)5-3-9-17/h6-7,10,12,17-18H,2-5,8-9H2,1H3. The molecule has 2 rings (SSSR count). The lowest BCUT2D eigenvalue weighted by atomic mass is 10.1. The van der Waals surface area contributed by atoms with E-state index in [2.05, 4.69) is 0 Å². The third kappa shape index (κ3) is 3.07. The minimum absolute atomic E-state index is 0.0535. The maximum absolute atomic E-state index is 12.5. The van der Waals surface area contributed by atoms with Crippen LogP contribution in [0.25, 0.3) is 0 Å². The highest BCUT2D eigenvalue weighted by molar-refractivity contribution is 5.97. The molecule has 4 heteroatoms. The number of hydrogen-bond donors (Lipinski definition) is 2. The zero-order chi connectivity index (χ0) is 13.8. The van der Waals surface area contributed by atoms with Gasteiger partial charge in [0.15, 0.2) is 0 Å². The van der Waals surface area contributed by atoms with Gasteiger partial charge in [-0.3, -0.25) is 4.79 Å². The number of carbonyl (C=O) groups is 1. The minimum atomic E-state index is -0.0991. The zero-order valence-electron chi connectivity index (χ0n) is 11.3. The molecule has 1 aromatic carbocycles. The maximum Gasteiger partial charge on any atom is 0.257 e. The summed E-state index contributed by atoms with van der Waals surface area (Å²) in [4.78, 5) is 14.3. The van der Waals surface area contributed by atoms with Crippen molar-refractivity contribution in [2.45, 2.75) is 38.6 Å². The van der Waals surface area contributed by atoms with Crippen LogP contribution in [-0.2, 0) is 0 Å². The number of amides is 1. The Kier molecular flexibility index (Phi) is 4.43. The molecule has 1 aromatic rings. The molecule has 1 aliphatic heterocycles. The molecule has 104 valence electrons. The summed E-state index contributed by atoms with van der Waals surface area (Å²) in [7, 11) is 0. The van der Waals surface area contributed by atoms with E-state index in [0.717, 1.165) is 31.4 Å². The van der Waals surface area contributed by atoms with Crippen LogP contribution in [-0.4, -0.2) is 40.2 Å². The van der Waals surface area contributed by atoms with Crippen molar-refractivity contribution in [3.05, 3.63) is 29.3 Å². The predicted molar refractivity (Wildman–Crippen MR) is 73.2 cm³/mol. The van der Waals surface area contributed by atoms with E-state index in [1.807, 2.05) is 17.9 Å². The van der Waals surface area contributed by atoms with Gasteiger partial charge in [0.1, 0.15) is 5.75 Å². The highest BCUT2D eigenvalue weighted by Crippen LogP contribution is 2.27. The van der Waals surface area contributed by atoms with Crippen molar-refractivity contribution < 1.29 is 15.0 Å². The van der Waals surface area contributed by atoms with Crippen LogP contribution in [0, 0.1) is 6.92 Å². The summed E-state index contributed by atoms with van der Waals surface area (Å²) in [6.45, 7) is 2.78. The van der Waals surface area contributed by atoms with Crippen molar-refractivity contribution in [1.29, 1.82) is 0 Å². The molecule has 0 saturated carbocycles. The molecule has 1 heterocycles. The summed E-state index contributed by atoms with van der Waals surface area (Å²) in [6, 6.07) is 5.34. The number of phenolic OH excluding ortho intramolecular Hbond substituents is 1. The Morgan fingerprint density at radius 1 is 1.47 bits per heavy atom. The lowest BCUT2D eigenvalue weighted by Gasteiger charge is -2.25. The van der Waals surface area contributed by atoms with Crippen molar-refractivity contribution in [3.8, 4) is 5.75 Å². The van der Waals surface area contributed by atoms with Gasteiger partial charge >= 0.3 is 0 Å². The first kappa shape index (κ1) is 13.9. The van der Waals surface area contributed by atoms with Crippen LogP contribution in [0.1, 0.15) is 41.6 Å². The molecule has 1 unspecified atom stereocenters. The van der Waals surface area contributed by atoms with Gasteiger partial charge in [-0.15, -0.1) is 0 Å². The summed E-state index contributed by atoms with van der Waals surface area (Å²) >= 11 is 0. The van der Waals surface area contributed by atoms with Gasteiger partial charge in [-0.2, -0.15) is 0 Å². The van der Waals surface area contributed by atoms with E-state index in [1.54, 1.807) is 12.1 Å². The highest BCUT2D eigenvalue weighted by atomic mass is 16.3. The molecule has 0 aliphatic carbocycles. The van der Waals surface area contributed by atoms with Gasteiger partial charge < -0.3 is 15.1 Å². The fourth-order valence-electron chi connectivity index (χ4n) is 2.71. The Morgan fingerprint density at radius 2 is 2.26 bits per heavy atom. The molecule has 19 heavy (non-hydrogen) atoms. The number of aliphatic hydroxyl groups is 1. The third-order valence-electron chi connectivity index (χ3n) is 3.72. The molecule has 1 atom stereocenters. The number of phenols is 1. The number of rotatable bonds is 4. The molecular weight excluding hydrogens is 242 g/mol. The molecule has 0 radical (unpaired) electrons. The number of aromatic hydroxyl groups is 1. The van der Waals surface area contributed by atoms with E-state index in [4.69, 9.17) is 5.11 Å². The Balaban J connectivity index is 2.13. The molecule has 0 bridgehead atoms. The Hall–Kier alpha value is -1.55. The van der Waals surface area contributed by atoms with Gasteiger partial charge in [-0.1, -0.05) is 6.07 Å². The third-order valence-corrected chi connectivity index (χ3v) is 3.72. The molecule has 0 aromatic heterocycles. The van der Waals surface area contributed by atoms with Gasteiger partial charge in [0.25, 0.3) is 5.91 Å². The number of aliphatic hydroxyl groups excluding tert-OH is 1. The molecule has 2 N–H and O–H groups in total. The lowest BCUT2D eigenvalue weighted by molar-refractivity contribution is 0.0721. The summed E-state index contributed by atoms with van der Waals surface area (Å²) in [5, 5.41) is 18.8. The molecule has 1 amide bonds. The topological polar surface area (TPSA) is 60.8 Å². The number of hydrogen-bond acceptors (Lipinski definition) is 3. The van der Waals surface area contributed by atoms with E-state index >= 15 is 0 Å². The lowest BCUT2D eigenvalue weighted by Crippen LogP contribution is -2.35. The Morgan fingerprint density at radius 3 is 2.95 bits per heavy atom. The van der Waals surface area contributed by atoms with Gasteiger partial charge in [0.2, 0.25) is 0 Å². The summed E-state index contributed by atoms with van der Waals surface area (Å²) in [6.07, 6.45) is 3.52. The first-order chi connectivity index (χ1) is 9.13. The van der Waals surface area contributed by atoms with Crippen LogP contribution < -0.4 is 0 Å². The number of likely N-dealkylation sites (tertiary alicyclic amines) is 1. The average Bonchev–Trinajstić information content (AvgIpc) is 2.83. The first-order valence-electron chi connectivity index (χ1n) is 6.85. The van der Waals surface area contributed by atoms with Crippen LogP contribution in [0.3, 0.4) is 0 Å². The average molecular weight is 263 g/mol. The fourth-order valence-corrected chi connectivity index (χ4v) is 2.71. The van der Waals surface area contributed by atoms with Gasteiger partial charge in [-0.05, 0) is 50.3 Å². The Labute approximate surface area is 113 Å². The highest BCUT2D eigenvalue weighted by Gasteiger charge is 2.29. The maximum atomic E-state index is 12.5. The molecule has 4 nitrogen and oxygen atoms in total. The number of aryl methyl sites for hydroxylation is 1. The SMILES string of the molecule is Cc1ccc(C(=O)N2CCCC2CCCO)c(O)c1. The fraction of sp³-hybridized carbons (Fsp3) is 0.533. The normalized spacial score (nSPS) is 18.8. The van der Waals surface area contributed by atoms with Crippen LogP contribution in [0.2, 0.25) is 0 Å². The summed E-state index contributed by atoms with van der Waals surface area (Å²) in [5.74, 6) is -0.0456. The van der Waals surface area contributed by atoms with Gasteiger partial charge in [0, 0.05) is 19.2 Å². The van der Waals surface area contributed by atoms with Gasteiger partial charge in [-0.25, -0.2) is 0 Å². The van der Waals surface area contributed by atoms with E-state index in [-0.39, 0.29) is 24.3 Å². The quantitative estimate of drug-likeness (QED) is 0.874. The van der Waals surface area contributed by atoms with Crippen molar-refractivity contribution in [3.63, 3.8) is 0 Å². The predicted octanol–water partition coefficient (Wildman–Crippen LogP) is 2.08. The summed E-state index contributed by atoms with van der Waals surface area (Å²) < 4.78 is 0. The number of carbonyl (C=O) groups excluding carboxylic acids is 1. The number of benzene rings is 1. The Bertz CT molecular complexity index is 459. The van der Waals surface area contributed by atoms with E-state index in [9.17, 15) is 9.90 Å². The second kappa shape index (κ2) is 6.06. The second-order valence-corrected chi connectivity index (χ2v) is 5.18. The van der Waals surface area contributed by atoms with Crippen molar-refractivity contribution >= 4 is 5.91 Å². The zero-order valence-corrected chi connectivity index (χ0v) is 11.3. The van der Waals surface area contributed by atoms with Crippen molar-refractivity contribution in [2.75, 3.05) is 13.2 Å². The molecule has 1 fully saturated rings. The largest absolute Gasteiger partial charge is 0.507 e. The van der Waals surface area contributed by atoms with Crippen molar-refractivity contribution in [1.82, 2.24) is 4.90 Å². The molecule has 1 saturated heterocycles. The van der Waals surface area contributed by atoms with Crippen LogP contribution in [0.4, 0.5) is 0 Å².